The summed E-state index contributed by atoms with van der Waals surface area (Å²) < 4.78 is 11.0. The summed E-state index contributed by atoms with van der Waals surface area (Å²) in [7, 11) is 0. The second-order valence-electron chi connectivity index (χ2n) is 3.22. The fourth-order valence-corrected chi connectivity index (χ4v) is 1.32. The van der Waals surface area contributed by atoms with Crippen LogP contribution in [0.1, 0.15) is 18.9 Å². The quantitative estimate of drug-likeness (QED) is 0.655. The van der Waals surface area contributed by atoms with E-state index in [1.807, 2.05) is 30.3 Å². The van der Waals surface area contributed by atoms with Crippen LogP contribution in [0.5, 0.6) is 0 Å². The van der Waals surface area contributed by atoms with E-state index in [-0.39, 0.29) is 6.10 Å². The van der Waals surface area contributed by atoms with Crippen molar-refractivity contribution in [3.05, 3.63) is 42.2 Å². The lowest BCUT2D eigenvalue weighted by molar-refractivity contribution is -0.107. The van der Waals surface area contributed by atoms with Gasteiger partial charge in [-0.25, -0.2) is 0 Å². The fourth-order valence-electron chi connectivity index (χ4n) is 1.32. The molecule has 0 aliphatic carbocycles. The Morgan fingerprint density at radius 1 is 1.23 bits per heavy atom. The van der Waals surface area contributed by atoms with Crippen LogP contribution in [0.25, 0.3) is 0 Å². The van der Waals surface area contributed by atoms with Crippen molar-refractivity contribution in [1.29, 1.82) is 0 Å². The van der Waals surface area contributed by atoms with Gasteiger partial charge < -0.3 is 9.47 Å². The first-order chi connectivity index (χ1) is 6.36. The second kappa shape index (κ2) is 3.90. The van der Waals surface area contributed by atoms with Crippen LogP contribution in [0.4, 0.5) is 0 Å². The molecule has 1 radical (unpaired) electrons. The highest BCUT2D eigenvalue weighted by molar-refractivity contribution is 5.24. The van der Waals surface area contributed by atoms with Gasteiger partial charge >= 0.3 is 0 Å². The number of ether oxygens (including phenoxy) is 2. The van der Waals surface area contributed by atoms with E-state index in [1.54, 1.807) is 0 Å². The molecule has 1 fully saturated rings. The largest absolute Gasteiger partial charge is 0.341 e. The Morgan fingerprint density at radius 3 is 2.69 bits per heavy atom. The number of benzene rings is 1. The van der Waals surface area contributed by atoms with E-state index in [1.165, 1.54) is 0 Å². The van der Waals surface area contributed by atoms with Crippen LogP contribution in [0.3, 0.4) is 0 Å². The predicted molar refractivity (Wildman–Crippen MR) is 49.9 cm³/mol. The van der Waals surface area contributed by atoms with E-state index < -0.39 is 0 Å². The molecule has 1 atom stereocenters. The number of rotatable bonds is 1. The second-order valence-corrected chi connectivity index (χ2v) is 3.22. The van der Waals surface area contributed by atoms with Gasteiger partial charge in [0.15, 0.2) is 0 Å². The van der Waals surface area contributed by atoms with Crippen LogP contribution in [-0.2, 0) is 9.47 Å². The lowest BCUT2D eigenvalue weighted by Crippen LogP contribution is -2.25. The lowest BCUT2D eigenvalue weighted by Gasteiger charge is -2.26. The van der Waals surface area contributed by atoms with Crippen LogP contribution < -0.4 is 0 Å². The van der Waals surface area contributed by atoms with Crippen LogP contribution in [0.15, 0.2) is 30.3 Å². The first kappa shape index (κ1) is 8.73. The average molecular weight is 177 g/mol. The molecule has 1 aromatic rings. The fraction of sp³-hybridized carbons (Fsp3) is 0.364. The standard InChI is InChI=1S/C11H13O2/c1-9-7-8-12-11(13-9)10-5-3-2-4-6-10/h2-6,9H,7-8H2,1H3/t9-/m0/s1. The van der Waals surface area contributed by atoms with E-state index in [4.69, 9.17) is 9.47 Å². The van der Waals surface area contributed by atoms with Crippen molar-refractivity contribution >= 4 is 0 Å². The summed E-state index contributed by atoms with van der Waals surface area (Å²) in [6.07, 6.45) is 1.90. The van der Waals surface area contributed by atoms with E-state index in [0.717, 1.165) is 18.6 Å². The molecule has 0 saturated carbocycles. The first-order valence-electron chi connectivity index (χ1n) is 4.58. The molecule has 69 valence electrons. The summed E-state index contributed by atoms with van der Waals surface area (Å²) >= 11 is 0. The predicted octanol–water partition coefficient (Wildman–Crippen LogP) is 2.35. The van der Waals surface area contributed by atoms with Crippen molar-refractivity contribution in [2.24, 2.45) is 0 Å². The molecular weight excluding hydrogens is 164 g/mol. The maximum absolute atomic E-state index is 5.57. The molecule has 2 heteroatoms. The number of hydrogen-bond acceptors (Lipinski definition) is 2. The Bertz CT molecular complexity index is 258. The van der Waals surface area contributed by atoms with E-state index in [9.17, 15) is 0 Å². The van der Waals surface area contributed by atoms with Gasteiger partial charge in [0.1, 0.15) is 0 Å². The Balaban J connectivity index is 2.08. The molecule has 1 aliphatic heterocycles. The van der Waals surface area contributed by atoms with Crippen LogP contribution in [0, 0.1) is 6.29 Å². The Morgan fingerprint density at radius 2 is 2.00 bits per heavy atom. The summed E-state index contributed by atoms with van der Waals surface area (Å²) in [5, 5.41) is 0. The average Bonchev–Trinajstić information content (AvgIpc) is 2.19. The van der Waals surface area contributed by atoms with Gasteiger partial charge in [-0.15, -0.1) is 0 Å². The minimum atomic E-state index is 0.268. The summed E-state index contributed by atoms with van der Waals surface area (Å²) in [5.74, 6) is 0. The van der Waals surface area contributed by atoms with Crippen molar-refractivity contribution in [1.82, 2.24) is 0 Å². The third kappa shape index (κ3) is 2.08. The molecule has 1 heterocycles. The maximum Gasteiger partial charge on any atom is 0.256 e. The maximum atomic E-state index is 5.57. The zero-order valence-corrected chi connectivity index (χ0v) is 7.69. The van der Waals surface area contributed by atoms with E-state index in [0.29, 0.717) is 6.29 Å². The molecule has 2 rings (SSSR count). The molecule has 1 aliphatic rings. The van der Waals surface area contributed by atoms with Crippen molar-refractivity contribution in [3.63, 3.8) is 0 Å². The molecule has 13 heavy (non-hydrogen) atoms. The highest BCUT2D eigenvalue weighted by Gasteiger charge is 2.22. The molecule has 0 amide bonds. The van der Waals surface area contributed by atoms with Gasteiger partial charge in [-0.2, -0.15) is 0 Å². The first-order valence-corrected chi connectivity index (χ1v) is 4.58. The van der Waals surface area contributed by atoms with Crippen LogP contribution in [-0.4, -0.2) is 12.7 Å². The van der Waals surface area contributed by atoms with Crippen LogP contribution >= 0.6 is 0 Å². The topological polar surface area (TPSA) is 18.5 Å². The summed E-state index contributed by atoms with van der Waals surface area (Å²) in [6.45, 7) is 2.82. The van der Waals surface area contributed by atoms with Gasteiger partial charge in [0.25, 0.3) is 6.29 Å². The van der Waals surface area contributed by atoms with Crippen LogP contribution in [0.2, 0.25) is 0 Å². The third-order valence-electron chi connectivity index (χ3n) is 2.08. The molecular formula is C11H13O2. The Hall–Kier alpha value is -0.860. The molecule has 0 spiro atoms. The van der Waals surface area contributed by atoms with Crippen molar-refractivity contribution in [2.45, 2.75) is 19.4 Å². The summed E-state index contributed by atoms with van der Waals surface area (Å²) in [6, 6.07) is 9.93. The molecule has 0 N–H and O–H groups in total. The molecule has 0 bridgehead atoms. The molecule has 0 unspecified atom stereocenters. The van der Waals surface area contributed by atoms with Gasteiger partial charge in [-0.3, -0.25) is 0 Å². The smallest absolute Gasteiger partial charge is 0.256 e. The minimum absolute atomic E-state index is 0.268. The summed E-state index contributed by atoms with van der Waals surface area (Å²) in [4.78, 5) is 0. The van der Waals surface area contributed by atoms with Crippen molar-refractivity contribution < 1.29 is 9.47 Å². The third-order valence-corrected chi connectivity index (χ3v) is 2.08. The van der Waals surface area contributed by atoms with Gasteiger partial charge in [-0.1, -0.05) is 30.3 Å². The lowest BCUT2D eigenvalue weighted by atomic mass is 10.2. The Labute approximate surface area is 78.5 Å². The summed E-state index contributed by atoms with van der Waals surface area (Å²) in [5.41, 5.74) is 1.02. The zero-order valence-electron chi connectivity index (χ0n) is 7.69. The molecule has 1 saturated heterocycles. The van der Waals surface area contributed by atoms with Gasteiger partial charge in [0, 0.05) is 5.56 Å². The monoisotopic (exact) mass is 177 g/mol. The van der Waals surface area contributed by atoms with Gasteiger partial charge in [-0.05, 0) is 13.3 Å². The minimum Gasteiger partial charge on any atom is -0.341 e. The van der Waals surface area contributed by atoms with Gasteiger partial charge in [0.2, 0.25) is 0 Å². The zero-order chi connectivity index (χ0) is 9.10. The molecule has 2 nitrogen and oxygen atoms in total. The highest BCUT2D eigenvalue weighted by atomic mass is 16.7. The van der Waals surface area contributed by atoms with Crippen molar-refractivity contribution in [2.75, 3.05) is 6.61 Å². The van der Waals surface area contributed by atoms with Crippen molar-refractivity contribution in [3.8, 4) is 0 Å². The highest BCUT2D eigenvalue weighted by Crippen LogP contribution is 2.24. The van der Waals surface area contributed by atoms with Gasteiger partial charge in [0.05, 0.1) is 12.7 Å². The normalized spacial score (nSPS) is 24.5. The SMILES string of the molecule is C[C@H]1CCO[C](c2ccccc2)O1. The number of hydrogen-bond donors (Lipinski definition) is 0. The molecule has 0 aromatic heterocycles. The Kier molecular flexibility index (Phi) is 2.62. The molecule has 1 aromatic carbocycles. The van der Waals surface area contributed by atoms with E-state index in [2.05, 4.69) is 6.92 Å². The van der Waals surface area contributed by atoms with E-state index >= 15 is 0 Å².